The molecule has 1 fully saturated rings. The van der Waals surface area contributed by atoms with Gasteiger partial charge in [-0.2, -0.15) is 0 Å². The first-order valence-corrected chi connectivity index (χ1v) is 4.61. The fourth-order valence-corrected chi connectivity index (χ4v) is 1.13. The Kier molecular flexibility index (Phi) is 2.95. The van der Waals surface area contributed by atoms with Crippen molar-refractivity contribution < 1.29 is 4.79 Å². The zero-order chi connectivity index (χ0) is 9.14. The summed E-state index contributed by atoms with van der Waals surface area (Å²) in [4.78, 5) is 13.1. The molecule has 0 bridgehead atoms. The minimum atomic E-state index is 0.0527. The number of urea groups is 1. The van der Waals surface area contributed by atoms with Crippen LogP contribution in [0.2, 0.25) is 0 Å². The maximum Gasteiger partial charge on any atom is 0.317 e. The number of amides is 2. The summed E-state index contributed by atoms with van der Waals surface area (Å²) in [5, 5.41) is 2.86. The fraction of sp³-hybridized carbons (Fsp3) is 0.889. The normalized spacial score (nSPS) is 16.3. The van der Waals surface area contributed by atoms with E-state index in [0.29, 0.717) is 0 Å². The Bertz CT molecular complexity index is 164. The molecule has 0 saturated heterocycles. The second-order valence-corrected chi connectivity index (χ2v) is 3.93. The van der Waals surface area contributed by atoms with Crippen LogP contribution in [0.25, 0.3) is 0 Å². The van der Waals surface area contributed by atoms with E-state index in [2.05, 4.69) is 5.32 Å². The number of hydrogen-bond acceptors (Lipinski definition) is 1. The van der Waals surface area contributed by atoms with Gasteiger partial charge in [0.1, 0.15) is 0 Å². The third-order valence-corrected chi connectivity index (χ3v) is 1.99. The quantitative estimate of drug-likeness (QED) is 0.683. The van der Waals surface area contributed by atoms with Crippen LogP contribution in [0.3, 0.4) is 0 Å². The van der Waals surface area contributed by atoms with E-state index in [-0.39, 0.29) is 12.1 Å². The summed E-state index contributed by atoms with van der Waals surface area (Å²) in [6.45, 7) is 4.87. The lowest BCUT2D eigenvalue weighted by atomic mass is 10.4. The van der Waals surface area contributed by atoms with Crippen LogP contribution in [0, 0.1) is 5.92 Å². The second-order valence-electron chi connectivity index (χ2n) is 3.93. The molecule has 1 N–H and O–H groups in total. The Labute approximate surface area is 74.1 Å². The average molecular weight is 170 g/mol. The molecule has 3 heteroatoms. The minimum absolute atomic E-state index is 0.0527. The Morgan fingerprint density at radius 2 is 2.17 bits per heavy atom. The highest BCUT2D eigenvalue weighted by Crippen LogP contribution is 2.29. The molecule has 0 heterocycles. The number of carbonyl (C=O) groups is 1. The van der Waals surface area contributed by atoms with E-state index in [4.69, 9.17) is 0 Å². The summed E-state index contributed by atoms with van der Waals surface area (Å²) in [5.41, 5.74) is 0. The van der Waals surface area contributed by atoms with Crippen LogP contribution < -0.4 is 5.32 Å². The molecule has 2 amide bonds. The summed E-state index contributed by atoms with van der Waals surface area (Å²) >= 11 is 0. The van der Waals surface area contributed by atoms with E-state index in [9.17, 15) is 4.79 Å². The van der Waals surface area contributed by atoms with Gasteiger partial charge in [-0.3, -0.25) is 0 Å². The standard InChI is InChI=1S/C9H18N2O/c1-7(2)10-9(12)11(3)6-8-4-5-8/h7-8H,4-6H2,1-3H3,(H,10,12). The van der Waals surface area contributed by atoms with Gasteiger partial charge in [-0.1, -0.05) is 0 Å². The highest BCUT2D eigenvalue weighted by Gasteiger charge is 2.24. The largest absolute Gasteiger partial charge is 0.336 e. The fourth-order valence-electron chi connectivity index (χ4n) is 1.13. The molecule has 0 aromatic heterocycles. The Hall–Kier alpha value is -0.730. The lowest BCUT2D eigenvalue weighted by Gasteiger charge is -2.19. The molecule has 0 aromatic rings. The Morgan fingerprint density at radius 1 is 1.58 bits per heavy atom. The zero-order valence-corrected chi connectivity index (χ0v) is 8.13. The van der Waals surface area contributed by atoms with E-state index in [1.165, 1.54) is 12.8 Å². The monoisotopic (exact) mass is 170 g/mol. The van der Waals surface area contributed by atoms with Crippen LogP contribution in [-0.4, -0.2) is 30.6 Å². The van der Waals surface area contributed by atoms with Gasteiger partial charge in [0, 0.05) is 19.6 Å². The summed E-state index contributed by atoms with van der Waals surface area (Å²) in [6, 6.07) is 0.288. The van der Waals surface area contributed by atoms with Crippen molar-refractivity contribution in [1.82, 2.24) is 10.2 Å². The molecule has 0 unspecified atom stereocenters. The third-order valence-electron chi connectivity index (χ3n) is 1.99. The molecule has 1 aliphatic carbocycles. The number of carbonyl (C=O) groups excluding carboxylic acids is 1. The van der Waals surface area contributed by atoms with E-state index < -0.39 is 0 Å². The Balaban J connectivity index is 2.19. The number of nitrogens with zero attached hydrogens (tertiary/aromatic N) is 1. The molecular weight excluding hydrogens is 152 g/mol. The molecular formula is C9H18N2O. The van der Waals surface area contributed by atoms with Crippen molar-refractivity contribution >= 4 is 6.03 Å². The molecule has 1 aliphatic rings. The SMILES string of the molecule is CC(C)NC(=O)N(C)CC1CC1. The molecule has 3 nitrogen and oxygen atoms in total. The van der Waals surface area contributed by atoms with Crippen molar-refractivity contribution in [2.24, 2.45) is 5.92 Å². The Morgan fingerprint density at radius 3 is 2.58 bits per heavy atom. The number of nitrogens with one attached hydrogen (secondary N) is 1. The van der Waals surface area contributed by atoms with Gasteiger partial charge in [-0.25, -0.2) is 4.79 Å². The van der Waals surface area contributed by atoms with Crippen LogP contribution in [0.4, 0.5) is 4.79 Å². The molecule has 1 saturated carbocycles. The highest BCUT2D eigenvalue weighted by molar-refractivity contribution is 5.74. The van der Waals surface area contributed by atoms with Crippen molar-refractivity contribution in [3.05, 3.63) is 0 Å². The molecule has 0 spiro atoms. The van der Waals surface area contributed by atoms with E-state index >= 15 is 0 Å². The van der Waals surface area contributed by atoms with Gasteiger partial charge in [0.25, 0.3) is 0 Å². The third kappa shape index (κ3) is 3.11. The van der Waals surface area contributed by atoms with E-state index in [1.54, 1.807) is 4.90 Å². The van der Waals surface area contributed by atoms with Gasteiger partial charge in [0.15, 0.2) is 0 Å². The molecule has 0 aliphatic heterocycles. The van der Waals surface area contributed by atoms with Gasteiger partial charge in [-0.15, -0.1) is 0 Å². The van der Waals surface area contributed by atoms with Gasteiger partial charge in [-0.05, 0) is 32.6 Å². The van der Waals surface area contributed by atoms with Crippen molar-refractivity contribution in [2.75, 3.05) is 13.6 Å². The molecule has 1 rings (SSSR count). The van der Waals surface area contributed by atoms with Crippen LogP contribution in [-0.2, 0) is 0 Å². The lowest BCUT2D eigenvalue weighted by Crippen LogP contribution is -2.41. The van der Waals surface area contributed by atoms with Crippen LogP contribution in [0.1, 0.15) is 26.7 Å². The van der Waals surface area contributed by atoms with Gasteiger partial charge in [0.2, 0.25) is 0 Å². The smallest absolute Gasteiger partial charge is 0.317 e. The van der Waals surface area contributed by atoms with Crippen LogP contribution in [0.15, 0.2) is 0 Å². The number of rotatable bonds is 3. The summed E-state index contributed by atoms with van der Waals surface area (Å²) in [6.07, 6.45) is 2.58. The predicted molar refractivity (Wildman–Crippen MR) is 49.0 cm³/mol. The van der Waals surface area contributed by atoms with Gasteiger partial charge >= 0.3 is 6.03 Å². The first-order valence-electron chi connectivity index (χ1n) is 4.61. The van der Waals surface area contributed by atoms with Crippen LogP contribution >= 0.6 is 0 Å². The van der Waals surface area contributed by atoms with Crippen molar-refractivity contribution in [3.8, 4) is 0 Å². The van der Waals surface area contributed by atoms with E-state index in [1.807, 2.05) is 20.9 Å². The first-order chi connectivity index (χ1) is 5.59. The summed E-state index contributed by atoms with van der Waals surface area (Å²) < 4.78 is 0. The maximum absolute atomic E-state index is 11.3. The predicted octanol–water partition coefficient (Wildman–Crippen LogP) is 1.45. The topological polar surface area (TPSA) is 32.3 Å². The molecule has 12 heavy (non-hydrogen) atoms. The molecule has 70 valence electrons. The van der Waals surface area contributed by atoms with E-state index in [0.717, 1.165) is 12.5 Å². The van der Waals surface area contributed by atoms with Gasteiger partial charge in [0.05, 0.1) is 0 Å². The highest BCUT2D eigenvalue weighted by atomic mass is 16.2. The summed E-state index contributed by atoms with van der Waals surface area (Å²) in [7, 11) is 1.86. The van der Waals surface area contributed by atoms with Crippen molar-refractivity contribution in [2.45, 2.75) is 32.7 Å². The molecule has 0 atom stereocenters. The second kappa shape index (κ2) is 3.78. The zero-order valence-electron chi connectivity index (χ0n) is 8.13. The van der Waals surface area contributed by atoms with Crippen LogP contribution in [0.5, 0.6) is 0 Å². The molecule has 0 radical (unpaired) electrons. The van der Waals surface area contributed by atoms with Crippen molar-refractivity contribution in [3.63, 3.8) is 0 Å². The average Bonchev–Trinajstić information content (AvgIpc) is 2.70. The minimum Gasteiger partial charge on any atom is -0.336 e. The van der Waals surface area contributed by atoms with Crippen molar-refractivity contribution in [1.29, 1.82) is 0 Å². The molecule has 0 aromatic carbocycles. The lowest BCUT2D eigenvalue weighted by molar-refractivity contribution is 0.204. The first kappa shape index (κ1) is 9.36. The maximum atomic E-state index is 11.3. The van der Waals surface area contributed by atoms with Gasteiger partial charge < -0.3 is 10.2 Å². The summed E-state index contributed by atoms with van der Waals surface area (Å²) in [5.74, 6) is 0.771. The number of hydrogen-bond donors (Lipinski definition) is 1.